The van der Waals surface area contributed by atoms with Crippen molar-refractivity contribution in [3.63, 3.8) is 0 Å². The second-order valence-corrected chi connectivity index (χ2v) is 8.64. The minimum absolute atomic E-state index is 0.106. The molecule has 0 aliphatic rings. The van der Waals surface area contributed by atoms with Gasteiger partial charge in [0.05, 0.1) is 10.9 Å². The Labute approximate surface area is 201 Å². The summed E-state index contributed by atoms with van der Waals surface area (Å²) < 4.78 is 1.41. The van der Waals surface area contributed by atoms with Gasteiger partial charge in [-0.3, -0.25) is 14.2 Å². The summed E-state index contributed by atoms with van der Waals surface area (Å²) in [6.07, 6.45) is 1.96. The van der Waals surface area contributed by atoms with Gasteiger partial charge in [-0.15, -0.1) is 0 Å². The highest BCUT2D eigenvalue weighted by atomic mass is 35.5. The summed E-state index contributed by atoms with van der Waals surface area (Å²) in [6, 6.07) is 22.8. The molecule has 0 saturated heterocycles. The maximum Gasteiger partial charge on any atom is 0.261 e. The lowest BCUT2D eigenvalue weighted by Crippen LogP contribution is -2.36. The van der Waals surface area contributed by atoms with Crippen molar-refractivity contribution < 1.29 is 4.79 Å². The summed E-state index contributed by atoms with van der Waals surface area (Å²) in [5, 5.41) is 5.22. The molecule has 0 aliphatic carbocycles. The number of aromatic amines is 1. The molecule has 0 bridgehead atoms. The number of hydrogen-bond acceptors (Lipinski definition) is 3. The number of hydrogen-bond donors (Lipinski definition) is 2. The van der Waals surface area contributed by atoms with Gasteiger partial charge in [0, 0.05) is 34.6 Å². The molecule has 6 nitrogen and oxygen atoms in total. The topological polar surface area (TPSA) is 79.8 Å². The highest BCUT2D eigenvalue weighted by Crippen LogP contribution is 2.34. The van der Waals surface area contributed by atoms with Crippen LogP contribution in [0.2, 0.25) is 5.02 Å². The van der Waals surface area contributed by atoms with Crippen LogP contribution in [0.25, 0.3) is 21.8 Å². The van der Waals surface area contributed by atoms with Crippen molar-refractivity contribution in [2.45, 2.75) is 19.4 Å². The SMILES string of the molecule is Cc1nc2ccccc2c(=O)n1CC(=O)NCC(c1ccccc1Cl)c1c[nH]c2ccccc12. The van der Waals surface area contributed by atoms with Gasteiger partial charge in [0.2, 0.25) is 5.91 Å². The van der Waals surface area contributed by atoms with Gasteiger partial charge in [-0.25, -0.2) is 4.98 Å². The van der Waals surface area contributed by atoms with Crippen molar-refractivity contribution in [1.29, 1.82) is 0 Å². The largest absolute Gasteiger partial charge is 0.361 e. The number of nitrogens with zero attached hydrogens (tertiary/aromatic N) is 2. The van der Waals surface area contributed by atoms with E-state index in [0.717, 1.165) is 22.0 Å². The molecule has 1 unspecified atom stereocenters. The van der Waals surface area contributed by atoms with Crippen molar-refractivity contribution in [1.82, 2.24) is 19.9 Å². The van der Waals surface area contributed by atoms with Crippen LogP contribution in [0.4, 0.5) is 0 Å². The van der Waals surface area contributed by atoms with Crippen LogP contribution in [0.1, 0.15) is 22.9 Å². The third-order valence-electron chi connectivity index (χ3n) is 6.13. The molecule has 0 spiro atoms. The minimum Gasteiger partial charge on any atom is -0.361 e. The summed E-state index contributed by atoms with van der Waals surface area (Å²) in [5.41, 5.74) is 3.39. The first-order valence-electron chi connectivity index (χ1n) is 11.1. The first-order valence-corrected chi connectivity index (χ1v) is 11.4. The number of rotatable bonds is 6. The smallest absolute Gasteiger partial charge is 0.261 e. The Balaban J connectivity index is 1.43. The lowest BCUT2D eigenvalue weighted by molar-refractivity contribution is -0.121. The van der Waals surface area contributed by atoms with E-state index in [4.69, 9.17) is 11.6 Å². The van der Waals surface area contributed by atoms with Crippen LogP contribution in [0, 0.1) is 6.92 Å². The van der Waals surface area contributed by atoms with Crippen molar-refractivity contribution in [3.05, 3.63) is 111 Å². The predicted molar refractivity (Wildman–Crippen MR) is 135 cm³/mol. The molecule has 5 aromatic rings. The van der Waals surface area contributed by atoms with Crippen molar-refractivity contribution >= 4 is 39.3 Å². The molecule has 2 aromatic heterocycles. The molecule has 3 aromatic carbocycles. The summed E-state index contributed by atoms with van der Waals surface area (Å²) in [6.45, 7) is 1.96. The number of para-hydroxylation sites is 2. The van der Waals surface area contributed by atoms with Crippen molar-refractivity contribution in [2.24, 2.45) is 0 Å². The highest BCUT2D eigenvalue weighted by Gasteiger charge is 2.21. The monoisotopic (exact) mass is 470 g/mol. The fourth-order valence-electron chi connectivity index (χ4n) is 4.41. The molecule has 0 aliphatic heterocycles. The lowest BCUT2D eigenvalue weighted by Gasteiger charge is -2.20. The molecule has 1 atom stereocenters. The number of H-pyrrole nitrogens is 1. The lowest BCUT2D eigenvalue weighted by atomic mass is 9.90. The quantitative estimate of drug-likeness (QED) is 0.374. The van der Waals surface area contributed by atoms with Gasteiger partial charge in [0.15, 0.2) is 0 Å². The molecule has 34 heavy (non-hydrogen) atoms. The Hall–Kier alpha value is -3.90. The molecule has 170 valence electrons. The highest BCUT2D eigenvalue weighted by molar-refractivity contribution is 6.31. The van der Waals surface area contributed by atoms with Gasteiger partial charge in [0.1, 0.15) is 12.4 Å². The average Bonchev–Trinajstić information content (AvgIpc) is 3.27. The van der Waals surface area contributed by atoms with Crippen LogP contribution in [-0.2, 0) is 11.3 Å². The molecule has 2 N–H and O–H groups in total. The maximum absolute atomic E-state index is 13.0. The molecule has 2 heterocycles. The summed E-state index contributed by atoms with van der Waals surface area (Å²) in [5.74, 6) is 0.0682. The van der Waals surface area contributed by atoms with Gasteiger partial charge in [-0.1, -0.05) is 60.1 Å². The van der Waals surface area contributed by atoms with Gasteiger partial charge in [-0.2, -0.15) is 0 Å². The first kappa shape index (κ1) is 21.9. The third-order valence-corrected chi connectivity index (χ3v) is 6.48. The Bertz CT molecular complexity index is 1570. The Morgan fingerprint density at radius 1 is 1.00 bits per heavy atom. The molecular weight excluding hydrogens is 448 g/mol. The maximum atomic E-state index is 13.0. The second kappa shape index (κ2) is 9.15. The Kier molecular flexibility index (Phi) is 5.90. The standard InChI is InChI=1S/C27H23ClN4O2/c1-17-31-25-13-7-4-10-20(25)27(34)32(17)16-26(33)30-15-21(18-8-2-5-11-23(18)28)22-14-29-24-12-6-3-9-19(22)24/h2-14,21,29H,15-16H2,1H3,(H,30,33). The van der Waals surface area contributed by atoms with E-state index in [1.165, 1.54) is 4.57 Å². The van der Waals surface area contributed by atoms with Gasteiger partial charge < -0.3 is 10.3 Å². The van der Waals surface area contributed by atoms with E-state index in [2.05, 4.69) is 21.4 Å². The van der Waals surface area contributed by atoms with Gasteiger partial charge >= 0.3 is 0 Å². The zero-order chi connectivity index (χ0) is 23.7. The second-order valence-electron chi connectivity index (χ2n) is 8.24. The van der Waals surface area contributed by atoms with E-state index in [0.29, 0.717) is 28.3 Å². The minimum atomic E-state index is -0.265. The number of carbonyl (C=O) groups is 1. The average molecular weight is 471 g/mol. The van der Waals surface area contributed by atoms with Crippen LogP contribution in [0.15, 0.2) is 83.8 Å². The summed E-state index contributed by atoms with van der Waals surface area (Å²) >= 11 is 6.55. The van der Waals surface area contributed by atoms with Crippen molar-refractivity contribution in [3.8, 4) is 0 Å². The number of halogens is 1. The number of benzene rings is 3. The first-order chi connectivity index (χ1) is 16.5. The van der Waals surface area contributed by atoms with E-state index < -0.39 is 0 Å². The fourth-order valence-corrected chi connectivity index (χ4v) is 4.68. The number of amides is 1. The summed E-state index contributed by atoms with van der Waals surface area (Å²) in [7, 11) is 0. The molecule has 0 saturated carbocycles. The molecule has 0 radical (unpaired) electrons. The Morgan fingerprint density at radius 2 is 1.71 bits per heavy atom. The molecule has 5 rings (SSSR count). The van der Waals surface area contributed by atoms with E-state index in [9.17, 15) is 9.59 Å². The number of carbonyl (C=O) groups excluding carboxylic acids is 1. The van der Waals surface area contributed by atoms with Gasteiger partial charge in [0.25, 0.3) is 5.56 Å². The number of aromatic nitrogens is 3. The van der Waals surface area contributed by atoms with Crippen LogP contribution >= 0.6 is 11.6 Å². The fraction of sp³-hybridized carbons (Fsp3) is 0.148. The van der Waals surface area contributed by atoms with Crippen LogP contribution in [0.5, 0.6) is 0 Å². The van der Waals surface area contributed by atoms with Crippen molar-refractivity contribution in [2.75, 3.05) is 6.54 Å². The molecular formula is C27H23ClN4O2. The van der Waals surface area contributed by atoms with E-state index in [-0.39, 0.29) is 23.9 Å². The molecule has 0 fully saturated rings. The van der Waals surface area contributed by atoms with Crippen LogP contribution in [-0.4, -0.2) is 27.0 Å². The van der Waals surface area contributed by atoms with E-state index >= 15 is 0 Å². The zero-order valence-corrected chi connectivity index (χ0v) is 19.3. The van der Waals surface area contributed by atoms with Gasteiger partial charge in [-0.05, 0) is 42.3 Å². The van der Waals surface area contributed by atoms with Crippen LogP contribution < -0.4 is 10.9 Å². The Morgan fingerprint density at radius 3 is 2.53 bits per heavy atom. The zero-order valence-electron chi connectivity index (χ0n) is 18.6. The predicted octanol–water partition coefficient (Wildman–Crippen LogP) is 4.79. The molecule has 7 heteroatoms. The number of aryl methyl sites for hydroxylation is 1. The number of fused-ring (bicyclic) bond motifs is 2. The van der Waals surface area contributed by atoms with Crippen LogP contribution in [0.3, 0.4) is 0 Å². The third kappa shape index (κ3) is 4.08. The van der Waals surface area contributed by atoms with E-state index in [1.807, 2.05) is 54.7 Å². The summed E-state index contributed by atoms with van der Waals surface area (Å²) in [4.78, 5) is 33.7. The number of nitrogens with one attached hydrogen (secondary N) is 2. The normalized spacial score (nSPS) is 12.2. The molecule has 1 amide bonds. The van der Waals surface area contributed by atoms with E-state index in [1.54, 1.807) is 25.1 Å².